The Bertz CT molecular complexity index is 907. The summed E-state index contributed by atoms with van der Waals surface area (Å²) < 4.78 is 11.2. The summed E-state index contributed by atoms with van der Waals surface area (Å²) in [6.07, 6.45) is 0.818. The Morgan fingerprint density at radius 2 is 1.81 bits per heavy atom. The third-order valence-corrected chi connectivity index (χ3v) is 5.45. The number of hydrazone groups is 1. The van der Waals surface area contributed by atoms with Gasteiger partial charge in [0.25, 0.3) is 0 Å². The molecule has 0 bridgehead atoms. The molecule has 3 aromatic rings. The number of hydrogen-bond donors (Lipinski definition) is 0. The van der Waals surface area contributed by atoms with Crippen molar-refractivity contribution >= 4 is 22.7 Å². The van der Waals surface area contributed by atoms with Crippen LogP contribution in [0.25, 0.3) is 0 Å². The molecule has 0 aliphatic carbocycles. The van der Waals surface area contributed by atoms with E-state index in [1.54, 1.807) is 25.6 Å². The maximum atomic E-state index is 5.69. The molecular weight excluding hydrogens is 344 g/mol. The van der Waals surface area contributed by atoms with Crippen molar-refractivity contribution in [1.82, 2.24) is 0 Å². The van der Waals surface area contributed by atoms with Crippen molar-refractivity contribution in [3.8, 4) is 11.5 Å². The lowest BCUT2D eigenvalue weighted by atomic mass is 9.99. The molecule has 4 rings (SSSR count). The van der Waals surface area contributed by atoms with Crippen molar-refractivity contribution in [1.29, 1.82) is 0 Å². The zero-order chi connectivity index (χ0) is 17.9. The molecule has 5 heteroatoms. The summed E-state index contributed by atoms with van der Waals surface area (Å²) in [4.78, 5) is 1.20. The normalized spacial score (nSPS) is 16.5. The van der Waals surface area contributed by atoms with Gasteiger partial charge in [0.2, 0.25) is 0 Å². The quantitative estimate of drug-likeness (QED) is 0.630. The summed E-state index contributed by atoms with van der Waals surface area (Å²) in [5, 5.41) is 9.13. The zero-order valence-electron chi connectivity index (χ0n) is 14.8. The molecular formula is C21H20N2O2S. The minimum atomic E-state index is 0.0551. The van der Waals surface area contributed by atoms with E-state index >= 15 is 0 Å². The molecule has 0 spiro atoms. The van der Waals surface area contributed by atoms with Crippen molar-refractivity contribution in [2.45, 2.75) is 12.5 Å². The molecule has 0 N–H and O–H groups in total. The molecule has 2 aromatic carbocycles. The number of methoxy groups -OCH3 is 2. The van der Waals surface area contributed by atoms with Gasteiger partial charge in [-0.15, -0.1) is 11.3 Å². The molecule has 0 unspecified atom stereocenters. The minimum absolute atomic E-state index is 0.0551. The molecule has 2 heterocycles. The predicted molar refractivity (Wildman–Crippen MR) is 107 cm³/mol. The highest BCUT2D eigenvalue weighted by Gasteiger charge is 2.33. The van der Waals surface area contributed by atoms with Gasteiger partial charge < -0.3 is 9.47 Å². The molecule has 1 aliphatic heterocycles. The van der Waals surface area contributed by atoms with Crippen molar-refractivity contribution in [2.75, 3.05) is 19.2 Å². The number of benzene rings is 2. The van der Waals surface area contributed by atoms with Gasteiger partial charge >= 0.3 is 0 Å². The number of anilines is 1. The third kappa shape index (κ3) is 2.95. The topological polar surface area (TPSA) is 34.1 Å². The Labute approximate surface area is 157 Å². The van der Waals surface area contributed by atoms with Gasteiger partial charge in [0, 0.05) is 12.0 Å². The van der Waals surface area contributed by atoms with Crippen LogP contribution in [0, 0.1) is 0 Å². The van der Waals surface area contributed by atoms with Gasteiger partial charge in [-0.3, -0.25) is 5.01 Å². The summed E-state index contributed by atoms with van der Waals surface area (Å²) in [5.41, 5.74) is 3.23. The Morgan fingerprint density at radius 1 is 0.962 bits per heavy atom. The van der Waals surface area contributed by atoms with Gasteiger partial charge in [-0.1, -0.05) is 36.4 Å². The van der Waals surface area contributed by atoms with Gasteiger partial charge in [-0.05, 0) is 29.6 Å². The fourth-order valence-corrected chi connectivity index (χ4v) is 4.06. The first-order chi connectivity index (χ1) is 12.8. The van der Waals surface area contributed by atoms with Crippen LogP contribution in [0.1, 0.15) is 22.9 Å². The fourth-order valence-electron chi connectivity index (χ4n) is 3.34. The van der Waals surface area contributed by atoms with Crippen LogP contribution in [0.4, 0.5) is 5.69 Å². The lowest BCUT2D eigenvalue weighted by Crippen LogP contribution is -2.19. The summed E-state index contributed by atoms with van der Waals surface area (Å²) in [6, 6.07) is 20.5. The number of thiophene rings is 1. The number of rotatable bonds is 5. The van der Waals surface area contributed by atoms with E-state index in [4.69, 9.17) is 14.6 Å². The van der Waals surface area contributed by atoms with Crippen LogP contribution >= 0.6 is 11.3 Å². The van der Waals surface area contributed by atoms with E-state index in [0.29, 0.717) is 0 Å². The molecule has 0 fully saturated rings. The second-order valence-corrected chi connectivity index (χ2v) is 6.95. The molecule has 0 amide bonds. The van der Waals surface area contributed by atoms with Crippen LogP contribution in [0.3, 0.4) is 0 Å². The van der Waals surface area contributed by atoms with Crippen molar-refractivity contribution < 1.29 is 9.47 Å². The first-order valence-corrected chi connectivity index (χ1v) is 9.36. The summed E-state index contributed by atoms with van der Waals surface area (Å²) in [7, 11) is 3.35. The van der Waals surface area contributed by atoms with Crippen LogP contribution in [0.5, 0.6) is 11.5 Å². The second-order valence-electron chi connectivity index (χ2n) is 6.01. The highest BCUT2D eigenvalue weighted by Crippen LogP contribution is 2.43. The second kappa shape index (κ2) is 7.22. The number of ether oxygens (including phenoxy) is 2. The SMILES string of the molecule is COc1cccc([C@H]2CC(c3cccs3)=NN2c2ccccc2)c1OC. The lowest BCUT2D eigenvalue weighted by Gasteiger charge is -2.26. The molecule has 26 heavy (non-hydrogen) atoms. The lowest BCUT2D eigenvalue weighted by molar-refractivity contribution is 0.349. The minimum Gasteiger partial charge on any atom is -0.493 e. The maximum Gasteiger partial charge on any atom is 0.166 e. The van der Waals surface area contributed by atoms with Gasteiger partial charge in [0.1, 0.15) is 0 Å². The Morgan fingerprint density at radius 3 is 2.50 bits per heavy atom. The number of para-hydroxylation sites is 2. The summed E-state index contributed by atoms with van der Waals surface area (Å²) >= 11 is 1.72. The standard InChI is InChI=1S/C21H20N2O2S/c1-24-19-11-6-10-16(21(19)25-2)18-14-17(20-12-7-13-26-20)22-23(18)15-8-4-3-5-9-15/h3-13,18H,14H2,1-2H3/t18-/m1/s1. The molecule has 0 saturated heterocycles. The predicted octanol–water partition coefficient (Wildman–Crippen LogP) is 5.12. The molecule has 0 radical (unpaired) electrons. The van der Waals surface area contributed by atoms with E-state index < -0.39 is 0 Å². The van der Waals surface area contributed by atoms with Crippen LogP contribution in [-0.2, 0) is 0 Å². The Kier molecular flexibility index (Phi) is 4.63. The monoisotopic (exact) mass is 364 g/mol. The van der Waals surface area contributed by atoms with Gasteiger partial charge in [-0.25, -0.2) is 0 Å². The molecule has 4 nitrogen and oxygen atoms in total. The van der Waals surface area contributed by atoms with Crippen LogP contribution < -0.4 is 14.5 Å². The van der Waals surface area contributed by atoms with E-state index in [9.17, 15) is 0 Å². The van der Waals surface area contributed by atoms with E-state index in [-0.39, 0.29) is 6.04 Å². The van der Waals surface area contributed by atoms with Crippen LogP contribution in [0.15, 0.2) is 71.1 Å². The zero-order valence-corrected chi connectivity index (χ0v) is 15.6. The summed E-state index contributed by atoms with van der Waals surface area (Å²) in [5.74, 6) is 1.51. The average Bonchev–Trinajstić information content (AvgIpc) is 3.37. The van der Waals surface area contributed by atoms with E-state index in [2.05, 4.69) is 40.7 Å². The third-order valence-electron chi connectivity index (χ3n) is 4.53. The van der Waals surface area contributed by atoms with Crippen molar-refractivity contribution in [2.24, 2.45) is 5.10 Å². The molecule has 1 aromatic heterocycles. The smallest absolute Gasteiger partial charge is 0.166 e. The van der Waals surface area contributed by atoms with Gasteiger partial charge in [0.15, 0.2) is 11.5 Å². The first kappa shape index (κ1) is 16.7. The Balaban J connectivity index is 1.80. The molecule has 0 saturated carbocycles. The molecule has 1 atom stereocenters. The number of hydrogen-bond acceptors (Lipinski definition) is 5. The summed E-state index contributed by atoms with van der Waals surface area (Å²) in [6.45, 7) is 0. The van der Waals surface area contributed by atoms with E-state index in [0.717, 1.165) is 34.9 Å². The van der Waals surface area contributed by atoms with Crippen molar-refractivity contribution in [3.63, 3.8) is 0 Å². The van der Waals surface area contributed by atoms with E-state index in [1.807, 2.05) is 30.3 Å². The average molecular weight is 364 g/mol. The van der Waals surface area contributed by atoms with Crippen molar-refractivity contribution in [3.05, 3.63) is 76.5 Å². The highest BCUT2D eigenvalue weighted by atomic mass is 32.1. The van der Waals surface area contributed by atoms with E-state index in [1.165, 1.54) is 4.88 Å². The van der Waals surface area contributed by atoms with Crippen LogP contribution in [0.2, 0.25) is 0 Å². The van der Waals surface area contributed by atoms with Gasteiger partial charge in [0.05, 0.1) is 36.5 Å². The fraction of sp³-hybridized carbons (Fsp3) is 0.190. The highest BCUT2D eigenvalue weighted by molar-refractivity contribution is 7.12. The number of nitrogens with zero attached hydrogens (tertiary/aromatic N) is 2. The van der Waals surface area contributed by atoms with Crippen LogP contribution in [-0.4, -0.2) is 19.9 Å². The molecule has 132 valence electrons. The first-order valence-electron chi connectivity index (χ1n) is 8.48. The van der Waals surface area contributed by atoms with Gasteiger partial charge in [-0.2, -0.15) is 5.10 Å². The Hall–Kier alpha value is -2.79. The maximum absolute atomic E-state index is 5.69. The molecule has 1 aliphatic rings. The largest absolute Gasteiger partial charge is 0.493 e.